The van der Waals surface area contributed by atoms with Crippen molar-refractivity contribution < 1.29 is 0 Å². The van der Waals surface area contributed by atoms with Crippen LogP contribution in [0.1, 0.15) is 40.5 Å². The van der Waals surface area contributed by atoms with Crippen molar-refractivity contribution in [2.75, 3.05) is 20.1 Å². The lowest BCUT2D eigenvalue weighted by molar-refractivity contribution is 0.402. The molecule has 1 heterocycles. The quantitative estimate of drug-likeness (QED) is 0.565. The summed E-state index contributed by atoms with van der Waals surface area (Å²) in [4.78, 5) is 2.38. The van der Waals surface area contributed by atoms with Crippen LogP contribution >= 0.6 is 0 Å². The number of likely N-dealkylation sites (tertiary alicyclic amines) is 1. The third-order valence-corrected chi connectivity index (χ3v) is 1.92. The summed E-state index contributed by atoms with van der Waals surface area (Å²) in [6.07, 6.45) is 4.36. The van der Waals surface area contributed by atoms with Crippen LogP contribution in [0.3, 0.4) is 0 Å². The summed E-state index contributed by atoms with van der Waals surface area (Å²) in [6.45, 7) is 14.5. The highest BCUT2D eigenvalue weighted by molar-refractivity contribution is 4.67. The zero-order valence-electron chi connectivity index (χ0n) is 10.1. The number of rotatable bonds is 1. The summed E-state index contributed by atoms with van der Waals surface area (Å²) in [5.74, 6) is 0.949. The first-order valence-electron chi connectivity index (χ1n) is 5.50. The van der Waals surface area contributed by atoms with E-state index >= 15 is 0 Å². The van der Waals surface area contributed by atoms with E-state index in [-0.39, 0.29) is 0 Å². The SMILES string of the molecule is C=CCC.CC.CC1CCN(C)C1. The smallest absolute Gasteiger partial charge is 0.000445 e. The third-order valence-electron chi connectivity index (χ3n) is 1.92. The van der Waals surface area contributed by atoms with Gasteiger partial charge in [-0.05, 0) is 32.4 Å². The van der Waals surface area contributed by atoms with Crippen molar-refractivity contribution in [1.29, 1.82) is 0 Å². The van der Waals surface area contributed by atoms with Gasteiger partial charge in [-0.2, -0.15) is 0 Å². The van der Waals surface area contributed by atoms with Crippen LogP contribution in [0.15, 0.2) is 12.7 Å². The molecule has 1 aliphatic heterocycles. The fourth-order valence-corrected chi connectivity index (χ4v) is 1.16. The van der Waals surface area contributed by atoms with Crippen molar-refractivity contribution in [1.82, 2.24) is 4.90 Å². The Bertz CT molecular complexity index is 91.3. The Labute approximate surface area is 84.8 Å². The highest BCUT2D eigenvalue weighted by Gasteiger charge is 2.13. The van der Waals surface area contributed by atoms with Crippen molar-refractivity contribution in [2.24, 2.45) is 5.92 Å². The van der Waals surface area contributed by atoms with Crippen LogP contribution in [0.25, 0.3) is 0 Å². The topological polar surface area (TPSA) is 3.24 Å². The third kappa shape index (κ3) is 11.7. The zero-order chi connectivity index (χ0) is 10.7. The number of allylic oxidation sites excluding steroid dienone is 1. The minimum absolute atomic E-state index is 0.949. The molecule has 0 aromatic carbocycles. The van der Waals surface area contributed by atoms with E-state index in [2.05, 4.69) is 32.4 Å². The number of hydrogen-bond acceptors (Lipinski definition) is 1. The minimum atomic E-state index is 0.949. The van der Waals surface area contributed by atoms with Crippen LogP contribution in [0.4, 0.5) is 0 Å². The first-order valence-corrected chi connectivity index (χ1v) is 5.50. The van der Waals surface area contributed by atoms with Gasteiger partial charge in [0.2, 0.25) is 0 Å². The second kappa shape index (κ2) is 11.7. The second-order valence-electron chi connectivity index (χ2n) is 3.35. The molecule has 0 radical (unpaired) electrons. The van der Waals surface area contributed by atoms with Crippen molar-refractivity contribution in [3.8, 4) is 0 Å². The molecule has 80 valence electrons. The van der Waals surface area contributed by atoms with E-state index < -0.39 is 0 Å². The summed E-state index contributed by atoms with van der Waals surface area (Å²) < 4.78 is 0. The monoisotopic (exact) mass is 185 g/mol. The van der Waals surface area contributed by atoms with Crippen molar-refractivity contribution >= 4 is 0 Å². The van der Waals surface area contributed by atoms with E-state index in [4.69, 9.17) is 0 Å². The zero-order valence-corrected chi connectivity index (χ0v) is 10.1. The molecular formula is C12H27N. The van der Waals surface area contributed by atoms with Crippen LogP contribution in [-0.4, -0.2) is 25.0 Å². The van der Waals surface area contributed by atoms with Gasteiger partial charge in [-0.15, -0.1) is 6.58 Å². The van der Waals surface area contributed by atoms with Gasteiger partial charge in [-0.3, -0.25) is 0 Å². The molecular weight excluding hydrogens is 158 g/mol. The Morgan fingerprint density at radius 1 is 1.46 bits per heavy atom. The Kier molecular flexibility index (Phi) is 13.7. The highest BCUT2D eigenvalue weighted by Crippen LogP contribution is 2.11. The molecule has 1 aliphatic rings. The largest absolute Gasteiger partial charge is 0.306 e. The molecule has 1 atom stereocenters. The number of nitrogens with zero attached hydrogens (tertiary/aromatic N) is 1. The van der Waals surface area contributed by atoms with E-state index in [1.54, 1.807) is 0 Å². The lowest BCUT2D eigenvalue weighted by atomic mass is 10.2. The van der Waals surface area contributed by atoms with Crippen molar-refractivity contribution in [3.05, 3.63) is 12.7 Å². The first kappa shape index (κ1) is 15.2. The molecule has 0 aromatic rings. The van der Waals surface area contributed by atoms with E-state index in [0.29, 0.717) is 0 Å². The highest BCUT2D eigenvalue weighted by atomic mass is 15.1. The van der Waals surface area contributed by atoms with E-state index in [9.17, 15) is 0 Å². The van der Waals surface area contributed by atoms with Gasteiger partial charge in [-0.1, -0.05) is 33.8 Å². The van der Waals surface area contributed by atoms with E-state index in [1.807, 2.05) is 19.9 Å². The predicted molar refractivity (Wildman–Crippen MR) is 63.1 cm³/mol. The standard InChI is InChI=1S/C6H13N.C4H8.C2H6/c1-6-3-4-7(2)5-6;1-3-4-2;1-2/h6H,3-5H2,1-2H3;3H,1,4H2,2H3;1-2H3. The summed E-state index contributed by atoms with van der Waals surface area (Å²) in [5, 5.41) is 0. The van der Waals surface area contributed by atoms with Crippen molar-refractivity contribution in [2.45, 2.75) is 40.5 Å². The van der Waals surface area contributed by atoms with Gasteiger partial charge in [0.25, 0.3) is 0 Å². The molecule has 1 nitrogen and oxygen atoms in total. The average Bonchev–Trinajstić information content (AvgIpc) is 2.54. The fraction of sp³-hybridized carbons (Fsp3) is 0.833. The van der Waals surface area contributed by atoms with Crippen LogP contribution in [0.2, 0.25) is 0 Å². The summed E-state index contributed by atoms with van der Waals surface area (Å²) in [7, 11) is 2.18. The normalized spacial score (nSPS) is 20.8. The Balaban J connectivity index is 0. The van der Waals surface area contributed by atoms with Gasteiger partial charge in [-0.25, -0.2) is 0 Å². The Morgan fingerprint density at radius 3 is 2.00 bits per heavy atom. The van der Waals surface area contributed by atoms with E-state index in [0.717, 1.165) is 12.3 Å². The molecule has 1 saturated heterocycles. The molecule has 0 aliphatic carbocycles. The molecule has 0 amide bonds. The second-order valence-corrected chi connectivity index (χ2v) is 3.35. The molecule has 0 N–H and O–H groups in total. The molecule has 1 unspecified atom stereocenters. The molecule has 1 rings (SSSR count). The van der Waals surface area contributed by atoms with Gasteiger partial charge >= 0.3 is 0 Å². The maximum absolute atomic E-state index is 3.48. The molecule has 0 saturated carbocycles. The average molecular weight is 185 g/mol. The number of hydrogen-bond donors (Lipinski definition) is 0. The lowest BCUT2D eigenvalue weighted by Crippen LogP contribution is -2.12. The molecule has 0 bridgehead atoms. The predicted octanol–water partition coefficient (Wildman–Crippen LogP) is 3.57. The van der Waals surface area contributed by atoms with Crippen LogP contribution < -0.4 is 0 Å². The van der Waals surface area contributed by atoms with Gasteiger partial charge in [0.15, 0.2) is 0 Å². The van der Waals surface area contributed by atoms with Crippen molar-refractivity contribution in [3.63, 3.8) is 0 Å². The molecule has 1 heteroatoms. The fourth-order valence-electron chi connectivity index (χ4n) is 1.16. The van der Waals surface area contributed by atoms with Crippen LogP contribution in [0.5, 0.6) is 0 Å². The first-order chi connectivity index (χ1) is 6.20. The summed E-state index contributed by atoms with van der Waals surface area (Å²) in [5.41, 5.74) is 0. The van der Waals surface area contributed by atoms with E-state index in [1.165, 1.54) is 19.5 Å². The maximum atomic E-state index is 3.48. The van der Waals surface area contributed by atoms with Gasteiger partial charge < -0.3 is 4.90 Å². The summed E-state index contributed by atoms with van der Waals surface area (Å²) >= 11 is 0. The molecule has 13 heavy (non-hydrogen) atoms. The van der Waals surface area contributed by atoms with Crippen LogP contribution in [0, 0.1) is 5.92 Å². The molecule has 0 aromatic heterocycles. The van der Waals surface area contributed by atoms with Gasteiger partial charge in [0, 0.05) is 6.54 Å². The Morgan fingerprint density at radius 2 is 1.92 bits per heavy atom. The lowest BCUT2D eigenvalue weighted by Gasteiger charge is -2.03. The van der Waals surface area contributed by atoms with Gasteiger partial charge in [0.05, 0.1) is 0 Å². The molecule has 0 spiro atoms. The molecule has 1 fully saturated rings. The minimum Gasteiger partial charge on any atom is -0.306 e. The Hall–Kier alpha value is -0.300. The van der Waals surface area contributed by atoms with Crippen LogP contribution in [-0.2, 0) is 0 Å². The summed E-state index contributed by atoms with van der Waals surface area (Å²) in [6, 6.07) is 0. The van der Waals surface area contributed by atoms with Gasteiger partial charge in [0.1, 0.15) is 0 Å². The maximum Gasteiger partial charge on any atom is 0.000445 e.